The van der Waals surface area contributed by atoms with E-state index < -0.39 is 0 Å². The molecular weight excluding hydrogens is 460 g/mol. The lowest BCUT2D eigenvalue weighted by Crippen LogP contribution is -2.41. The molecule has 5 nitrogen and oxygen atoms in total. The lowest BCUT2D eigenvalue weighted by molar-refractivity contribution is -0.119. The smallest absolute Gasteiger partial charge is 0.230 e. The van der Waals surface area contributed by atoms with Gasteiger partial charge in [0.1, 0.15) is 0 Å². The molecule has 1 N–H and O–H groups in total. The molecule has 2 aliphatic carbocycles. The molecule has 30 heavy (non-hydrogen) atoms. The summed E-state index contributed by atoms with van der Waals surface area (Å²) in [7, 11) is 0. The number of carbonyl (C=O) groups excluding carboxylic acids is 1. The van der Waals surface area contributed by atoms with Crippen LogP contribution in [0.5, 0.6) is 0 Å². The van der Waals surface area contributed by atoms with Crippen LogP contribution in [0, 0.1) is 5.92 Å². The van der Waals surface area contributed by atoms with Crippen molar-refractivity contribution in [1.82, 2.24) is 20.1 Å². The summed E-state index contributed by atoms with van der Waals surface area (Å²) in [6, 6.07) is 8.98. The molecule has 0 aliphatic heterocycles. The van der Waals surface area contributed by atoms with Crippen molar-refractivity contribution >= 4 is 33.6 Å². The van der Waals surface area contributed by atoms with E-state index in [1.54, 1.807) is 0 Å². The quantitative estimate of drug-likeness (QED) is 0.504. The number of benzene rings is 1. The Morgan fingerprint density at radius 3 is 2.50 bits per heavy atom. The van der Waals surface area contributed by atoms with Crippen molar-refractivity contribution in [1.29, 1.82) is 0 Å². The van der Waals surface area contributed by atoms with E-state index in [4.69, 9.17) is 0 Å². The van der Waals surface area contributed by atoms with Crippen LogP contribution in [0.1, 0.15) is 70.8 Å². The van der Waals surface area contributed by atoms with Gasteiger partial charge in [-0.3, -0.25) is 9.36 Å². The summed E-state index contributed by atoms with van der Waals surface area (Å²) in [5, 5.41) is 13.2. The van der Waals surface area contributed by atoms with E-state index in [-0.39, 0.29) is 5.91 Å². The van der Waals surface area contributed by atoms with Crippen LogP contribution in [0.2, 0.25) is 0 Å². The lowest BCUT2D eigenvalue weighted by Gasteiger charge is -2.29. The summed E-state index contributed by atoms with van der Waals surface area (Å²) < 4.78 is 3.35. The molecular formula is C23H31BrN4OS. The Labute approximate surface area is 191 Å². The number of aromatic nitrogens is 3. The van der Waals surface area contributed by atoms with E-state index >= 15 is 0 Å². The molecule has 2 atom stereocenters. The normalized spacial score (nSPS) is 22.7. The molecule has 0 unspecified atom stereocenters. The zero-order valence-electron chi connectivity index (χ0n) is 17.6. The first-order valence-corrected chi connectivity index (χ1v) is 13.0. The SMILES string of the molecule is C[C@H]1CCCC[C@@H]1NC(=O)CSc1nnc(-c2ccc(Br)cc2)n1C1CCCCC1. The van der Waals surface area contributed by atoms with Gasteiger partial charge in [0.05, 0.1) is 5.75 Å². The standard InChI is InChI=1S/C23H31BrN4OS/c1-16-7-5-6-10-20(16)25-21(29)15-30-23-27-26-22(17-11-13-18(24)14-12-17)28(23)19-8-3-2-4-9-19/h11-14,16,19-20H,2-10,15H2,1H3,(H,25,29)/t16-,20-/m0/s1. The average Bonchev–Trinajstić information content (AvgIpc) is 3.19. The van der Waals surface area contributed by atoms with Crippen molar-refractivity contribution in [3.63, 3.8) is 0 Å². The first kappa shape index (κ1) is 21.9. The predicted molar refractivity (Wildman–Crippen MR) is 126 cm³/mol. The monoisotopic (exact) mass is 490 g/mol. The molecule has 2 fully saturated rings. The molecule has 2 aromatic rings. The van der Waals surface area contributed by atoms with Crippen LogP contribution >= 0.6 is 27.7 Å². The third kappa shape index (κ3) is 5.28. The highest BCUT2D eigenvalue weighted by atomic mass is 79.9. The Morgan fingerprint density at radius 1 is 1.07 bits per heavy atom. The molecule has 2 aliphatic rings. The third-order valence-corrected chi connectivity index (χ3v) is 7.97. The molecule has 1 aromatic heterocycles. The summed E-state index contributed by atoms with van der Waals surface area (Å²) in [6.07, 6.45) is 10.9. The zero-order chi connectivity index (χ0) is 20.9. The minimum Gasteiger partial charge on any atom is -0.352 e. The zero-order valence-corrected chi connectivity index (χ0v) is 20.1. The number of amides is 1. The first-order chi connectivity index (χ1) is 14.6. The van der Waals surface area contributed by atoms with Crippen molar-refractivity contribution in [3.8, 4) is 11.4 Å². The van der Waals surface area contributed by atoms with E-state index in [0.29, 0.717) is 23.8 Å². The fraction of sp³-hybridized carbons (Fsp3) is 0.609. The van der Waals surface area contributed by atoms with Crippen molar-refractivity contribution in [2.75, 3.05) is 5.75 Å². The Morgan fingerprint density at radius 2 is 1.77 bits per heavy atom. The fourth-order valence-corrected chi connectivity index (χ4v) is 5.83. The van der Waals surface area contributed by atoms with Crippen LogP contribution < -0.4 is 5.32 Å². The maximum absolute atomic E-state index is 12.6. The number of carbonyl (C=O) groups is 1. The molecule has 0 radical (unpaired) electrons. The number of hydrogen-bond donors (Lipinski definition) is 1. The second-order valence-electron chi connectivity index (χ2n) is 8.70. The first-order valence-electron chi connectivity index (χ1n) is 11.2. The van der Waals surface area contributed by atoms with Crippen molar-refractivity contribution < 1.29 is 4.79 Å². The van der Waals surface area contributed by atoms with Crippen LogP contribution in [0.4, 0.5) is 0 Å². The van der Waals surface area contributed by atoms with Gasteiger partial charge >= 0.3 is 0 Å². The van der Waals surface area contributed by atoms with Gasteiger partial charge in [-0.25, -0.2) is 0 Å². The van der Waals surface area contributed by atoms with Crippen molar-refractivity contribution in [2.45, 2.75) is 82.0 Å². The Kier molecular flexibility index (Phi) is 7.52. The van der Waals surface area contributed by atoms with Gasteiger partial charge in [-0.1, -0.05) is 78.9 Å². The molecule has 2 saturated carbocycles. The Balaban J connectivity index is 1.49. The lowest BCUT2D eigenvalue weighted by atomic mass is 9.86. The molecule has 162 valence electrons. The maximum atomic E-state index is 12.6. The van der Waals surface area contributed by atoms with Gasteiger partial charge in [-0.15, -0.1) is 10.2 Å². The number of nitrogens with one attached hydrogen (secondary N) is 1. The van der Waals surface area contributed by atoms with Gasteiger partial charge in [-0.05, 0) is 43.7 Å². The highest BCUT2D eigenvalue weighted by Crippen LogP contribution is 2.36. The molecule has 1 aromatic carbocycles. The van der Waals surface area contributed by atoms with Gasteiger partial charge in [0.25, 0.3) is 0 Å². The number of rotatable bonds is 6. The molecule has 1 heterocycles. The van der Waals surface area contributed by atoms with E-state index in [2.05, 4.69) is 55.1 Å². The fourth-order valence-electron chi connectivity index (χ4n) is 4.75. The van der Waals surface area contributed by atoms with Crippen LogP contribution in [0.3, 0.4) is 0 Å². The van der Waals surface area contributed by atoms with E-state index in [0.717, 1.165) is 40.3 Å². The maximum Gasteiger partial charge on any atom is 0.230 e. The van der Waals surface area contributed by atoms with Crippen molar-refractivity contribution in [3.05, 3.63) is 28.7 Å². The molecule has 1 amide bonds. The van der Waals surface area contributed by atoms with Crippen LogP contribution in [-0.4, -0.2) is 32.5 Å². The van der Waals surface area contributed by atoms with Gasteiger partial charge < -0.3 is 5.32 Å². The minimum atomic E-state index is 0.113. The van der Waals surface area contributed by atoms with E-state index in [9.17, 15) is 4.79 Å². The molecule has 0 saturated heterocycles. The van der Waals surface area contributed by atoms with Crippen LogP contribution in [0.25, 0.3) is 11.4 Å². The second-order valence-corrected chi connectivity index (χ2v) is 10.6. The number of halogens is 1. The number of nitrogens with zero attached hydrogens (tertiary/aromatic N) is 3. The summed E-state index contributed by atoms with van der Waals surface area (Å²) in [6.45, 7) is 2.25. The topological polar surface area (TPSA) is 59.8 Å². The number of hydrogen-bond acceptors (Lipinski definition) is 4. The highest BCUT2D eigenvalue weighted by Gasteiger charge is 2.26. The summed E-state index contributed by atoms with van der Waals surface area (Å²) in [5.74, 6) is 2.00. The van der Waals surface area contributed by atoms with Crippen LogP contribution in [0.15, 0.2) is 33.9 Å². The van der Waals surface area contributed by atoms with Gasteiger partial charge in [-0.2, -0.15) is 0 Å². The Hall–Kier alpha value is -1.34. The largest absolute Gasteiger partial charge is 0.352 e. The van der Waals surface area contributed by atoms with E-state index in [1.807, 2.05) is 12.1 Å². The second kappa shape index (κ2) is 10.3. The highest BCUT2D eigenvalue weighted by molar-refractivity contribution is 9.10. The van der Waals surface area contributed by atoms with Crippen molar-refractivity contribution in [2.24, 2.45) is 5.92 Å². The minimum absolute atomic E-state index is 0.113. The Bertz CT molecular complexity index is 847. The molecule has 7 heteroatoms. The molecule has 0 bridgehead atoms. The summed E-state index contributed by atoms with van der Waals surface area (Å²) >= 11 is 5.04. The number of thioether (sulfide) groups is 1. The summed E-state index contributed by atoms with van der Waals surface area (Å²) in [4.78, 5) is 12.6. The predicted octanol–water partition coefficient (Wildman–Crippen LogP) is 6.00. The van der Waals surface area contributed by atoms with E-state index in [1.165, 1.54) is 50.3 Å². The summed E-state index contributed by atoms with van der Waals surface area (Å²) in [5.41, 5.74) is 1.07. The van der Waals surface area contributed by atoms with Gasteiger partial charge in [0.2, 0.25) is 5.91 Å². The van der Waals surface area contributed by atoms with Gasteiger partial charge in [0, 0.05) is 22.1 Å². The average molecular weight is 491 g/mol. The van der Waals surface area contributed by atoms with Gasteiger partial charge in [0.15, 0.2) is 11.0 Å². The molecule has 0 spiro atoms. The van der Waals surface area contributed by atoms with Crippen LogP contribution in [-0.2, 0) is 4.79 Å². The third-order valence-electron chi connectivity index (χ3n) is 6.50. The molecule has 4 rings (SSSR count).